The van der Waals surface area contributed by atoms with Crippen molar-refractivity contribution in [3.63, 3.8) is 0 Å². The van der Waals surface area contributed by atoms with Crippen molar-refractivity contribution in [3.8, 4) is 0 Å². The highest BCUT2D eigenvalue weighted by Crippen LogP contribution is 2.33. The van der Waals surface area contributed by atoms with E-state index >= 15 is 0 Å². The number of hydrogen-bond acceptors (Lipinski definition) is 3. The van der Waals surface area contributed by atoms with E-state index in [1.165, 1.54) is 25.0 Å². The van der Waals surface area contributed by atoms with Crippen LogP contribution in [0.15, 0.2) is 18.2 Å². The molecule has 0 bridgehead atoms. The average molecular weight is 334 g/mol. The normalized spacial score (nSPS) is 23.0. The smallest absolute Gasteiger partial charge is 0.317 e. The van der Waals surface area contributed by atoms with Crippen LogP contribution >= 0.6 is 0 Å². The quantitative estimate of drug-likeness (QED) is 0.802. The van der Waals surface area contributed by atoms with E-state index < -0.39 is 11.8 Å². The van der Waals surface area contributed by atoms with Crippen LogP contribution in [0.5, 0.6) is 0 Å². The first-order valence-corrected chi connectivity index (χ1v) is 8.45. The summed E-state index contributed by atoms with van der Waals surface area (Å²) in [5, 5.41) is 12.0. The Balaban J connectivity index is 1.52. The van der Waals surface area contributed by atoms with Crippen LogP contribution in [0.2, 0.25) is 0 Å². The minimum Gasteiger partial charge on any atom is -0.480 e. The summed E-state index contributed by atoms with van der Waals surface area (Å²) >= 11 is 0. The topological polar surface area (TPSA) is 69.6 Å². The molecule has 0 unspecified atom stereocenters. The largest absolute Gasteiger partial charge is 0.480 e. The number of aryl methyl sites for hydroxylation is 1. The van der Waals surface area contributed by atoms with Crippen molar-refractivity contribution in [2.24, 2.45) is 5.92 Å². The maximum Gasteiger partial charge on any atom is 0.317 e. The summed E-state index contributed by atoms with van der Waals surface area (Å²) in [5.41, 5.74) is 1.10. The molecule has 0 saturated heterocycles. The summed E-state index contributed by atoms with van der Waals surface area (Å²) in [6, 6.07) is 4.43. The molecule has 2 fully saturated rings. The summed E-state index contributed by atoms with van der Waals surface area (Å²) < 4.78 is 13.3. The second kappa shape index (κ2) is 6.89. The molecule has 24 heavy (non-hydrogen) atoms. The van der Waals surface area contributed by atoms with Gasteiger partial charge in [-0.15, -0.1) is 0 Å². The molecule has 1 aromatic carbocycles. The van der Waals surface area contributed by atoms with Gasteiger partial charge in [0.2, 0.25) is 0 Å². The second-order valence-electron chi connectivity index (χ2n) is 7.02. The minimum atomic E-state index is -0.807. The first-order valence-electron chi connectivity index (χ1n) is 8.45. The Morgan fingerprint density at radius 2 is 2.04 bits per heavy atom. The van der Waals surface area contributed by atoms with Gasteiger partial charge in [0.15, 0.2) is 0 Å². The lowest BCUT2D eigenvalue weighted by Gasteiger charge is -2.42. The van der Waals surface area contributed by atoms with Crippen LogP contribution < -0.4 is 5.32 Å². The number of hydrogen-bond donors (Lipinski definition) is 2. The third-order valence-electron chi connectivity index (χ3n) is 4.94. The number of carboxylic acids is 1. The summed E-state index contributed by atoms with van der Waals surface area (Å²) in [7, 11) is 0. The van der Waals surface area contributed by atoms with Crippen molar-refractivity contribution in [3.05, 3.63) is 35.1 Å². The molecule has 0 radical (unpaired) electrons. The van der Waals surface area contributed by atoms with Gasteiger partial charge in [-0.3, -0.25) is 14.5 Å². The number of aliphatic carboxylic acids is 1. The molecule has 0 aliphatic heterocycles. The van der Waals surface area contributed by atoms with Crippen LogP contribution in [-0.4, -0.2) is 47.1 Å². The molecule has 0 aromatic heterocycles. The van der Waals surface area contributed by atoms with E-state index in [-0.39, 0.29) is 24.5 Å². The van der Waals surface area contributed by atoms with Crippen LogP contribution in [0, 0.1) is 18.7 Å². The van der Waals surface area contributed by atoms with Gasteiger partial charge in [-0.05, 0) is 56.2 Å². The van der Waals surface area contributed by atoms with Gasteiger partial charge in [-0.1, -0.05) is 6.07 Å². The number of halogens is 1. The molecule has 2 saturated carbocycles. The van der Waals surface area contributed by atoms with E-state index in [1.54, 1.807) is 13.0 Å². The maximum atomic E-state index is 13.3. The average Bonchev–Trinajstić information content (AvgIpc) is 3.27. The first-order chi connectivity index (χ1) is 11.4. The lowest BCUT2D eigenvalue weighted by molar-refractivity contribution is -0.139. The Bertz CT molecular complexity index is 639. The predicted octanol–water partition coefficient (Wildman–Crippen LogP) is 2.19. The van der Waals surface area contributed by atoms with Gasteiger partial charge in [-0.2, -0.15) is 0 Å². The lowest BCUT2D eigenvalue weighted by atomic mass is 9.85. The van der Waals surface area contributed by atoms with Crippen molar-refractivity contribution in [2.75, 3.05) is 13.1 Å². The van der Waals surface area contributed by atoms with Crippen LogP contribution in [-0.2, 0) is 4.79 Å². The molecule has 2 aliphatic rings. The molecule has 2 N–H and O–H groups in total. The van der Waals surface area contributed by atoms with Crippen molar-refractivity contribution >= 4 is 11.9 Å². The monoisotopic (exact) mass is 334 g/mol. The van der Waals surface area contributed by atoms with E-state index in [4.69, 9.17) is 5.11 Å². The first kappa shape index (κ1) is 16.9. The summed E-state index contributed by atoms with van der Waals surface area (Å²) in [5.74, 6) is -0.858. The van der Waals surface area contributed by atoms with Crippen LogP contribution in [0.1, 0.15) is 41.6 Å². The Hall–Kier alpha value is -1.95. The summed E-state index contributed by atoms with van der Waals surface area (Å²) in [6.45, 7) is 2.67. The number of benzene rings is 1. The molecule has 5 nitrogen and oxygen atoms in total. The van der Waals surface area contributed by atoms with Crippen molar-refractivity contribution in [1.29, 1.82) is 0 Å². The van der Waals surface area contributed by atoms with E-state index in [2.05, 4.69) is 5.32 Å². The second-order valence-corrected chi connectivity index (χ2v) is 7.02. The molecular weight excluding hydrogens is 311 g/mol. The number of carbonyl (C=O) groups excluding carboxylic acids is 1. The highest BCUT2D eigenvalue weighted by molar-refractivity contribution is 5.95. The Labute approximate surface area is 140 Å². The third kappa shape index (κ3) is 4.12. The van der Waals surface area contributed by atoms with Gasteiger partial charge in [0.25, 0.3) is 5.91 Å². The maximum absolute atomic E-state index is 13.3. The molecular formula is C18H23FN2O3. The summed E-state index contributed by atoms with van der Waals surface area (Å²) in [4.78, 5) is 25.3. The van der Waals surface area contributed by atoms with Crippen LogP contribution in [0.25, 0.3) is 0 Å². The SMILES string of the molecule is Cc1ccc(F)cc1C(=O)NC1CC(N(CC(=O)O)CC2CC2)C1. The minimum absolute atomic E-state index is 0.0284. The fourth-order valence-corrected chi connectivity index (χ4v) is 3.25. The van der Waals surface area contributed by atoms with Crippen molar-refractivity contribution in [1.82, 2.24) is 10.2 Å². The van der Waals surface area contributed by atoms with Gasteiger partial charge in [0.05, 0.1) is 6.54 Å². The standard InChI is InChI=1S/C18H23FN2O3/c1-11-2-5-13(19)6-16(11)18(24)20-14-7-15(8-14)21(10-17(22)23)9-12-3-4-12/h2,5-6,12,14-15H,3-4,7-10H2,1H3,(H,20,24)(H,22,23). The zero-order valence-electron chi connectivity index (χ0n) is 13.8. The number of carbonyl (C=O) groups is 2. The van der Waals surface area contributed by atoms with E-state index in [1.807, 2.05) is 4.90 Å². The van der Waals surface area contributed by atoms with Gasteiger partial charge in [-0.25, -0.2) is 4.39 Å². The van der Waals surface area contributed by atoms with Gasteiger partial charge >= 0.3 is 5.97 Å². The lowest BCUT2D eigenvalue weighted by Crippen LogP contribution is -2.55. The zero-order chi connectivity index (χ0) is 17.3. The van der Waals surface area contributed by atoms with E-state index in [0.29, 0.717) is 11.5 Å². The molecule has 1 aromatic rings. The van der Waals surface area contributed by atoms with Crippen LogP contribution in [0.3, 0.4) is 0 Å². The third-order valence-corrected chi connectivity index (χ3v) is 4.94. The summed E-state index contributed by atoms with van der Waals surface area (Å²) in [6.07, 6.45) is 3.86. The highest BCUT2D eigenvalue weighted by Gasteiger charge is 2.37. The predicted molar refractivity (Wildman–Crippen MR) is 87.3 cm³/mol. The zero-order valence-corrected chi connectivity index (χ0v) is 13.8. The Morgan fingerprint density at radius 1 is 1.33 bits per heavy atom. The van der Waals surface area contributed by atoms with Crippen molar-refractivity contribution in [2.45, 2.75) is 44.7 Å². The number of rotatable bonds is 7. The Kier molecular flexibility index (Phi) is 4.85. The van der Waals surface area contributed by atoms with E-state index in [0.717, 1.165) is 24.9 Å². The number of nitrogens with one attached hydrogen (secondary N) is 1. The molecule has 6 heteroatoms. The molecule has 3 rings (SSSR count). The van der Waals surface area contributed by atoms with E-state index in [9.17, 15) is 14.0 Å². The van der Waals surface area contributed by atoms with Gasteiger partial charge < -0.3 is 10.4 Å². The highest BCUT2D eigenvalue weighted by atomic mass is 19.1. The molecule has 0 heterocycles. The van der Waals surface area contributed by atoms with Gasteiger partial charge in [0, 0.05) is 24.2 Å². The molecule has 2 aliphatic carbocycles. The molecule has 1 amide bonds. The van der Waals surface area contributed by atoms with Crippen LogP contribution in [0.4, 0.5) is 4.39 Å². The molecule has 0 spiro atoms. The fourth-order valence-electron chi connectivity index (χ4n) is 3.25. The Morgan fingerprint density at radius 3 is 2.67 bits per heavy atom. The fraction of sp³-hybridized carbons (Fsp3) is 0.556. The number of amides is 1. The van der Waals surface area contributed by atoms with Crippen molar-refractivity contribution < 1.29 is 19.1 Å². The molecule has 0 atom stereocenters. The van der Waals surface area contributed by atoms with Gasteiger partial charge in [0.1, 0.15) is 5.82 Å². The number of carboxylic acid groups (broad SMARTS) is 1. The molecule has 130 valence electrons. The number of nitrogens with zero attached hydrogens (tertiary/aromatic N) is 1.